The quantitative estimate of drug-likeness (QED) is 0.748. The minimum absolute atomic E-state index is 0.0944. The number of methoxy groups -OCH3 is 1. The first-order chi connectivity index (χ1) is 11.0. The number of halogens is 1. The zero-order chi connectivity index (χ0) is 16.8. The topological polar surface area (TPSA) is 41.5 Å². The van der Waals surface area contributed by atoms with Crippen molar-refractivity contribution in [1.29, 1.82) is 0 Å². The second kappa shape index (κ2) is 8.35. The van der Waals surface area contributed by atoms with Crippen LogP contribution in [0.15, 0.2) is 42.5 Å². The van der Waals surface area contributed by atoms with Crippen molar-refractivity contribution < 1.29 is 14.6 Å². The van der Waals surface area contributed by atoms with E-state index in [1.54, 1.807) is 18.2 Å². The first-order valence-electron chi connectivity index (χ1n) is 7.40. The molecule has 0 radical (unpaired) electrons. The molecule has 0 aliphatic rings. The Balaban J connectivity index is 2.25. The first-order valence-corrected chi connectivity index (χ1v) is 8.67. The maximum atomic E-state index is 12.5. The van der Waals surface area contributed by atoms with Crippen LogP contribution in [0.3, 0.4) is 0 Å². The van der Waals surface area contributed by atoms with E-state index in [9.17, 15) is 5.11 Å². The van der Waals surface area contributed by atoms with Crippen LogP contribution in [0.5, 0.6) is 11.5 Å². The lowest BCUT2D eigenvalue weighted by Gasteiger charge is -2.17. The monoisotopic (exact) mass is 349 g/mol. The maximum absolute atomic E-state index is 12.5. The Labute approximate surface area is 143 Å². The third kappa shape index (κ3) is 4.71. The van der Waals surface area contributed by atoms with Crippen LogP contribution in [0.1, 0.15) is 25.8 Å². The predicted molar refractivity (Wildman–Crippen MR) is 95.5 cm³/mol. The Morgan fingerprint density at radius 1 is 1.22 bits per heavy atom. The maximum Gasteiger partial charge on any atom is 0.126 e. The molecule has 2 aromatic rings. The summed E-state index contributed by atoms with van der Waals surface area (Å²) in [4.78, 5) is 0. The molecule has 1 atom stereocenters. The molecule has 0 saturated carbocycles. The van der Waals surface area contributed by atoms with Gasteiger partial charge in [0.1, 0.15) is 11.5 Å². The van der Waals surface area contributed by atoms with Crippen molar-refractivity contribution in [3.63, 3.8) is 0 Å². The zero-order valence-corrected chi connectivity index (χ0v) is 15.0. The van der Waals surface area contributed by atoms with E-state index < -0.39 is 0 Å². The summed E-state index contributed by atoms with van der Waals surface area (Å²) in [6.07, 6.45) is 1.12. The minimum Gasteiger partial charge on any atom is -0.823 e. The van der Waals surface area contributed by atoms with Crippen LogP contribution in [-0.4, -0.2) is 18.7 Å². The lowest BCUT2D eigenvalue weighted by atomic mass is 10.2. The van der Waals surface area contributed by atoms with Crippen LogP contribution in [0.25, 0.3) is 0 Å². The Morgan fingerprint density at radius 2 is 1.91 bits per heavy atom. The number of hydrogen-bond acceptors (Lipinski definition) is 3. The molecule has 2 aromatic carbocycles. The van der Waals surface area contributed by atoms with Gasteiger partial charge in [0.25, 0.3) is 0 Å². The Morgan fingerprint density at radius 3 is 2.52 bits per heavy atom. The fraction of sp³-hybridized carbons (Fsp3) is 0.278. The van der Waals surface area contributed by atoms with Gasteiger partial charge in [0.15, 0.2) is 0 Å². The van der Waals surface area contributed by atoms with Crippen molar-refractivity contribution in [2.45, 2.75) is 26.4 Å². The molecule has 0 aromatic heterocycles. The Kier molecular flexibility index (Phi) is 6.47. The van der Waals surface area contributed by atoms with Gasteiger partial charge in [-0.05, 0) is 49.7 Å². The van der Waals surface area contributed by atoms with Crippen molar-refractivity contribution >= 4 is 30.6 Å². The molecule has 0 aliphatic carbocycles. The summed E-state index contributed by atoms with van der Waals surface area (Å²) in [6.45, 7) is 4.10. The molecule has 122 valence electrons. The van der Waals surface area contributed by atoms with Crippen LogP contribution in [0.2, 0.25) is 5.02 Å². The minimum atomic E-state index is -0.0944. The van der Waals surface area contributed by atoms with Gasteiger partial charge in [-0.2, -0.15) is 0 Å². The molecule has 1 unspecified atom stereocenters. The highest BCUT2D eigenvalue weighted by Crippen LogP contribution is 2.27. The fourth-order valence-corrected chi connectivity index (χ4v) is 3.16. The molecular weight excluding hydrogens is 331 g/mol. The molecule has 23 heavy (non-hydrogen) atoms. The van der Waals surface area contributed by atoms with Gasteiger partial charge in [-0.3, -0.25) is 0 Å². The first kappa shape index (κ1) is 17.8. The second-order valence-corrected chi connectivity index (χ2v) is 6.62. The molecule has 0 fully saturated rings. The van der Waals surface area contributed by atoms with Crippen molar-refractivity contribution in [1.82, 2.24) is 0 Å². The van der Waals surface area contributed by atoms with Crippen LogP contribution in [0.4, 0.5) is 0 Å². The largest absolute Gasteiger partial charge is 0.823 e. The van der Waals surface area contributed by atoms with Crippen molar-refractivity contribution in [2.75, 3.05) is 7.11 Å². The third-order valence-electron chi connectivity index (χ3n) is 3.39. The van der Waals surface area contributed by atoms with E-state index in [0.717, 1.165) is 17.5 Å². The predicted octanol–water partition coefficient (Wildman–Crippen LogP) is 3.64. The Hall–Kier alpha value is -1.54. The van der Waals surface area contributed by atoms with Crippen molar-refractivity contribution in [2.24, 2.45) is 0 Å². The summed E-state index contributed by atoms with van der Waals surface area (Å²) in [6, 6.07) is 12.7. The number of rotatable bonds is 6. The number of ether oxygens (including phenoxy) is 2. The highest BCUT2D eigenvalue weighted by molar-refractivity contribution is 7.49. The lowest BCUT2D eigenvalue weighted by molar-refractivity contribution is -0.207. The summed E-state index contributed by atoms with van der Waals surface area (Å²) in [7, 11) is 2.08. The highest BCUT2D eigenvalue weighted by Gasteiger charge is 2.06. The van der Waals surface area contributed by atoms with Gasteiger partial charge in [-0.25, -0.2) is 0 Å². The number of benzene rings is 2. The molecule has 0 bridgehead atoms. The summed E-state index contributed by atoms with van der Waals surface area (Å²) >= 11 is 6.14. The zero-order valence-electron chi connectivity index (χ0n) is 13.4. The van der Waals surface area contributed by atoms with E-state index in [2.05, 4.69) is 6.92 Å². The van der Waals surface area contributed by atoms with E-state index in [1.807, 2.05) is 31.2 Å². The average molecular weight is 350 g/mol. The lowest BCUT2D eigenvalue weighted by Crippen LogP contribution is -2.19. The average Bonchev–Trinajstić information content (AvgIpc) is 2.56. The number of hydrogen-bond donors (Lipinski definition) is 0. The van der Waals surface area contributed by atoms with E-state index in [0.29, 0.717) is 24.5 Å². The smallest absolute Gasteiger partial charge is 0.126 e. The van der Waals surface area contributed by atoms with E-state index in [4.69, 9.17) is 21.1 Å². The van der Waals surface area contributed by atoms with E-state index in [-0.39, 0.29) is 11.6 Å². The summed E-state index contributed by atoms with van der Waals surface area (Å²) in [5.74, 6) is 1.30. The fourth-order valence-electron chi connectivity index (χ4n) is 1.97. The third-order valence-corrected chi connectivity index (χ3v) is 4.69. The van der Waals surface area contributed by atoms with Gasteiger partial charge in [-0.15, -0.1) is 0 Å². The van der Waals surface area contributed by atoms with Gasteiger partial charge < -0.3 is 14.6 Å². The highest BCUT2D eigenvalue weighted by atomic mass is 35.5. The Bertz CT molecular complexity index is 683. The molecular formula is C18H19ClO3P-. The SMILES string of the molecule is CCC(C)Oc1ccc(P=C([O-])c2c(Cl)cccc2OC)cc1. The normalized spacial score (nSPS) is 12.8. The van der Waals surface area contributed by atoms with Crippen LogP contribution in [-0.2, 0) is 0 Å². The summed E-state index contributed by atoms with van der Waals surface area (Å²) in [5, 5.41) is 13.8. The van der Waals surface area contributed by atoms with Crippen molar-refractivity contribution in [3.8, 4) is 11.5 Å². The van der Waals surface area contributed by atoms with Gasteiger partial charge in [0, 0.05) is 10.9 Å². The molecule has 0 spiro atoms. The molecule has 0 N–H and O–H groups in total. The molecule has 3 nitrogen and oxygen atoms in total. The molecule has 0 amide bonds. The van der Waals surface area contributed by atoms with E-state index >= 15 is 0 Å². The molecule has 0 aliphatic heterocycles. The summed E-state index contributed by atoms with van der Waals surface area (Å²) in [5.41, 5.74) is 0.321. The molecule has 2 rings (SSSR count). The molecule has 0 heterocycles. The van der Waals surface area contributed by atoms with Crippen molar-refractivity contribution in [3.05, 3.63) is 53.1 Å². The van der Waals surface area contributed by atoms with Crippen LogP contribution < -0.4 is 19.9 Å². The van der Waals surface area contributed by atoms with Gasteiger partial charge >= 0.3 is 0 Å². The summed E-state index contributed by atoms with van der Waals surface area (Å²) < 4.78 is 11.0. The van der Waals surface area contributed by atoms with Gasteiger partial charge in [0.05, 0.1) is 18.2 Å². The van der Waals surface area contributed by atoms with Crippen LogP contribution in [0, 0.1) is 0 Å². The van der Waals surface area contributed by atoms with Gasteiger partial charge in [-0.1, -0.05) is 38.3 Å². The van der Waals surface area contributed by atoms with Gasteiger partial charge in [0.2, 0.25) is 0 Å². The van der Waals surface area contributed by atoms with E-state index in [1.165, 1.54) is 7.11 Å². The molecule has 0 saturated heterocycles. The standard InChI is InChI=1S/C18H20ClO3P/c1-4-12(2)22-13-8-10-14(11-9-13)23-18(20)17-15(19)6-5-7-16(17)21-3/h5-12,20H,4H2,1-3H3/p-1. The van der Waals surface area contributed by atoms with Crippen LogP contribution >= 0.6 is 19.8 Å². The molecule has 5 heteroatoms. The second-order valence-electron chi connectivity index (χ2n) is 5.06.